The zero-order valence-electron chi connectivity index (χ0n) is 8.59. The van der Waals surface area contributed by atoms with Crippen LogP contribution in [-0.2, 0) is 6.54 Å². The van der Waals surface area contributed by atoms with Crippen molar-refractivity contribution in [2.24, 2.45) is 5.73 Å². The number of nitrogens with one attached hydrogen (secondary N) is 2. The average molecular weight is 229 g/mol. The monoisotopic (exact) mass is 229 g/mol. The van der Waals surface area contributed by atoms with Crippen LogP contribution in [0.25, 0.3) is 0 Å². The number of hydrogen-bond acceptors (Lipinski definition) is 2. The number of halogens is 2. The van der Waals surface area contributed by atoms with Gasteiger partial charge in [0.2, 0.25) is 0 Å². The Kier molecular flexibility index (Phi) is 4.65. The summed E-state index contributed by atoms with van der Waals surface area (Å²) in [5.74, 6) is -0.940. The number of amides is 2. The summed E-state index contributed by atoms with van der Waals surface area (Å²) < 4.78 is 25.9. The van der Waals surface area contributed by atoms with Crippen molar-refractivity contribution < 1.29 is 13.6 Å². The molecule has 0 bridgehead atoms. The molecule has 88 valence electrons. The quantitative estimate of drug-likeness (QED) is 0.651. The molecule has 0 heterocycles. The standard InChI is InChI=1S/C10H13F2N3O/c11-8-1-2-9(12)7(5-8)6-14-3-4-15-10(13)16/h1-2,5,14H,3-4,6H2,(H3,13,15,16). The largest absolute Gasteiger partial charge is 0.352 e. The van der Waals surface area contributed by atoms with E-state index in [0.717, 1.165) is 18.2 Å². The van der Waals surface area contributed by atoms with Crippen LogP contribution < -0.4 is 16.4 Å². The summed E-state index contributed by atoms with van der Waals surface area (Å²) >= 11 is 0. The highest BCUT2D eigenvalue weighted by atomic mass is 19.1. The predicted octanol–water partition coefficient (Wildman–Crippen LogP) is 0.723. The maximum atomic E-state index is 13.1. The van der Waals surface area contributed by atoms with Crippen LogP contribution in [0, 0.1) is 11.6 Å². The summed E-state index contributed by atoms with van der Waals surface area (Å²) in [5.41, 5.74) is 5.09. The van der Waals surface area contributed by atoms with Crippen molar-refractivity contribution in [3.05, 3.63) is 35.4 Å². The molecule has 0 saturated heterocycles. The highest BCUT2D eigenvalue weighted by molar-refractivity contribution is 5.71. The van der Waals surface area contributed by atoms with Crippen LogP contribution in [0.4, 0.5) is 13.6 Å². The lowest BCUT2D eigenvalue weighted by Crippen LogP contribution is -2.35. The second-order valence-electron chi connectivity index (χ2n) is 3.20. The molecule has 2 amide bonds. The smallest absolute Gasteiger partial charge is 0.312 e. The molecule has 6 heteroatoms. The SMILES string of the molecule is NC(=O)NCCNCc1cc(F)ccc1F. The number of benzene rings is 1. The number of rotatable bonds is 5. The predicted molar refractivity (Wildman–Crippen MR) is 55.7 cm³/mol. The molecule has 0 unspecified atom stereocenters. The van der Waals surface area contributed by atoms with Crippen molar-refractivity contribution in [3.63, 3.8) is 0 Å². The molecule has 16 heavy (non-hydrogen) atoms. The molecule has 0 aromatic heterocycles. The molecule has 0 spiro atoms. The molecule has 4 nitrogen and oxygen atoms in total. The van der Waals surface area contributed by atoms with Gasteiger partial charge in [0.1, 0.15) is 11.6 Å². The second-order valence-corrected chi connectivity index (χ2v) is 3.20. The summed E-state index contributed by atoms with van der Waals surface area (Å²) in [6.45, 7) is 0.967. The lowest BCUT2D eigenvalue weighted by atomic mass is 10.2. The first-order valence-electron chi connectivity index (χ1n) is 4.77. The van der Waals surface area contributed by atoms with Crippen molar-refractivity contribution in [2.75, 3.05) is 13.1 Å². The Morgan fingerprint density at radius 1 is 1.31 bits per heavy atom. The van der Waals surface area contributed by atoms with Gasteiger partial charge in [0.25, 0.3) is 0 Å². The van der Waals surface area contributed by atoms with Crippen LogP contribution in [0.15, 0.2) is 18.2 Å². The van der Waals surface area contributed by atoms with E-state index in [0.29, 0.717) is 13.1 Å². The summed E-state index contributed by atoms with van der Waals surface area (Å²) in [7, 11) is 0. The molecule has 0 atom stereocenters. The van der Waals surface area contributed by atoms with Crippen molar-refractivity contribution in [1.29, 1.82) is 0 Å². The van der Waals surface area contributed by atoms with Crippen LogP contribution in [0.3, 0.4) is 0 Å². The lowest BCUT2D eigenvalue weighted by molar-refractivity contribution is 0.249. The van der Waals surface area contributed by atoms with Crippen LogP contribution >= 0.6 is 0 Å². The highest BCUT2D eigenvalue weighted by Gasteiger charge is 2.02. The van der Waals surface area contributed by atoms with Crippen LogP contribution in [0.2, 0.25) is 0 Å². The zero-order valence-corrected chi connectivity index (χ0v) is 8.59. The molecular weight excluding hydrogens is 216 g/mol. The van der Waals surface area contributed by atoms with Gasteiger partial charge in [-0.25, -0.2) is 13.6 Å². The Bertz CT molecular complexity index is 371. The highest BCUT2D eigenvalue weighted by Crippen LogP contribution is 2.08. The van der Waals surface area contributed by atoms with E-state index in [1.807, 2.05) is 0 Å². The van der Waals surface area contributed by atoms with Crippen molar-refractivity contribution in [3.8, 4) is 0 Å². The third kappa shape index (κ3) is 4.22. The molecule has 0 aliphatic carbocycles. The Labute approximate surface area is 91.8 Å². The van der Waals surface area contributed by atoms with Crippen molar-refractivity contribution in [1.82, 2.24) is 10.6 Å². The number of carbonyl (C=O) groups excluding carboxylic acids is 1. The molecule has 0 aliphatic rings. The molecule has 0 aliphatic heterocycles. The summed E-state index contributed by atoms with van der Waals surface area (Å²) in [4.78, 5) is 10.3. The van der Waals surface area contributed by atoms with E-state index < -0.39 is 17.7 Å². The van der Waals surface area contributed by atoms with E-state index in [4.69, 9.17) is 5.73 Å². The van der Waals surface area contributed by atoms with Gasteiger partial charge in [0.15, 0.2) is 0 Å². The van der Waals surface area contributed by atoms with E-state index in [2.05, 4.69) is 10.6 Å². The molecule has 4 N–H and O–H groups in total. The number of carbonyl (C=O) groups is 1. The molecule has 1 aromatic rings. The summed E-state index contributed by atoms with van der Waals surface area (Å²) in [5, 5.41) is 5.21. The fourth-order valence-corrected chi connectivity index (χ4v) is 1.18. The minimum atomic E-state index is -0.612. The van der Waals surface area contributed by atoms with Gasteiger partial charge in [-0.15, -0.1) is 0 Å². The van der Waals surface area contributed by atoms with E-state index in [1.165, 1.54) is 0 Å². The maximum Gasteiger partial charge on any atom is 0.312 e. The van der Waals surface area contributed by atoms with Gasteiger partial charge in [-0.05, 0) is 18.2 Å². The minimum absolute atomic E-state index is 0.198. The summed E-state index contributed by atoms with van der Waals surface area (Å²) in [6, 6.07) is 2.66. The second kappa shape index (κ2) is 6.02. The van der Waals surface area contributed by atoms with Crippen LogP contribution in [0.1, 0.15) is 5.56 Å². The summed E-state index contributed by atoms with van der Waals surface area (Å²) in [6.07, 6.45) is 0. The average Bonchev–Trinajstić information content (AvgIpc) is 2.22. The van der Waals surface area contributed by atoms with Crippen molar-refractivity contribution in [2.45, 2.75) is 6.54 Å². The first kappa shape index (κ1) is 12.4. The van der Waals surface area contributed by atoms with Gasteiger partial charge < -0.3 is 16.4 Å². The Balaban J connectivity index is 2.31. The van der Waals surface area contributed by atoms with Gasteiger partial charge in [0.05, 0.1) is 0 Å². The molecule has 1 rings (SSSR count). The Hall–Kier alpha value is -1.69. The van der Waals surface area contributed by atoms with Gasteiger partial charge in [-0.1, -0.05) is 0 Å². The lowest BCUT2D eigenvalue weighted by Gasteiger charge is -2.06. The van der Waals surface area contributed by atoms with E-state index in [9.17, 15) is 13.6 Å². The third-order valence-corrected chi connectivity index (χ3v) is 1.92. The Morgan fingerprint density at radius 2 is 2.06 bits per heavy atom. The minimum Gasteiger partial charge on any atom is -0.352 e. The number of urea groups is 1. The maximum absolute atomic E-state index is 13.1. The van der Waals surface area contributed by atoms with Gasteiger partial charge in [0, 0.05) is 25.2 Å². The third-order valence-electron chi connectivity index (χ3n) is 1.92. The fourth-order valence-electron chi connectivity index (χ4n) is 1.18. The van der Waals surface area contributed by atoms with Gasteiger partial charge >= 0.3 is 6.03 Å². The normalized spacial score (nSPS) is 10.1. The zero-order chi connectivity index (χ0) is 12.0. The van der Waals surface area contributed by atoms with Gasteiger partial charge in [-0.3, -0.25) is 0 Å². The molecule has 0 fully saturated rings. The first-order chi connectivity index (χ1) is 7.59. The van der Waals surface area contributed by atoms with Crippen molar-refractivity contribution >= 4 is 6.03 Å². The number of hydrogen-bond donors (Lipinski definition) is 3. The first-order valence-corrected chi connectivity index (χ1v) is 4.77. The molecule has 0 saturated carbocycles. The molecule has 1 aromatic carbocycles. The van der Waals surface area contributed by atoms with Gasteiger partial charge in [-0.2, -0.15) is 0 Å². The molecular formula is C10H13F2N3O. The van der Waals surface area contributed by atoms with Crippen LogP contribution in [-0.4, -0.2) is 19.1 Å². The topological polar surface area (TPSA) is 67.2 Å². The number of primary amides is 1. The van der Waals surface area contributed by atoms with E-state index in [-0.39, 0.29) is 12.1 Å². The van der Waals surface area contributed by atoms with E-state index in [1.54, 1.807) is 0 Å². The molecule has 0 radical (unpaired) electrons. The van der Waals surface area contributed by atoms with E-state index >= 15 is 0 Å². The van der Waals surface area contributed by atoms with Crippen LogP contribution in [0.5, 0.6) is 0 Å². The fraction of sp³-hybridized carbons (Fsp3) is 0.300. The number of nitrogens with two attached hydrogens (primary N) is 1. The Morgan fingerprint density at radius 3 is 2.75 bits per heavy atom.